The second-order valence-corrected chi connectivity index (χ2v) is 5.56. The zero-order chi connectivity index (χ0) is 13.9. The van der Waals surface area contributed by atoms with Gasteiger partial charge in [-0.3, -0.25) is 0 Å². The van der Waals surface area contributed by atoms with Gasteiger partial charge in [0.1, 0.15) is 0 Å². The van der Waals surface area contributed by atoms with E-state index in [4.69, 9.17) is 0 Å². The Hall–Kier alpha value is -1.80. The van der Waals surface area contributed by atoms with Crippen molar-refractivity contribution in [2.24, 2.45) is 0 Å². The summed E-state index contributed by atoms with van der Waals surface area (Å²) in [6.07, 6.45) is 1.96. The third kappa shape index (κ3) is 2.70. The minimum absolute atomic E-state index is 0.395. The van der Waals surface area contributed by atoms with Crippen molar-refractivity contribution >= 4 is 5.69 Å². The average molecular weight is 267 g/mol. The van der Waals surface area contributed by atoms with Gasteiger partial charge in [-0.2, -0.15) is 0 Å². The average Bonchev–Trinajstić information content (AvgIpc) is 2.69. The van der Waals surface area contributed by atoms with Gasteiger partial charge in [0.05, 0.1) is 6.10 Å². The normalized spacial score (nSPS) is 16.4. The fourth-order valence-corrected chi connectivity index (χ4v) is 2.88. The second kappa shape index (κ2) is 5.68. The van der Waals surface area contributed by atoms with Crippen LogP contribution in [0.4, 0.5) is 5.69 Å². The highest BCUT2D eigenvalue weighted by molar-refractivity contribution is 5.49. The first kappa shape index (κ1) is 13.2. The first-order chi connectivity index (χ1) is 9.74. The van der Waals surface area contributed by atoms with E-state index < -0.39 is 6.10 Å². The molecule has 3 rings (SSSR count). The molecule has 1 aliphatic heterocycles. The Bertz CT molecular complexity index is 574. The van der Waals surface area contributed by atoms with E-state index in [0.717, 1.165) is 18.7 Å². The summed E-state index contributed by atoms with van der Waals surface area (Å²) in [5, 5.41) is 9.59. The van der Waals surface area contributed by atoms with E-state index in [1.807, 2.05) is 12.1 Å². The molecule has 0 radical (unpaired) electrons. The van der Waals surface area contributed by atoms with Crippen LogP contribution in [-0.4, -0.2) is 11.7 Å². The Balaban J connectivity index is 1.84. The minimum Gasteiger partial charge on any atom is -0.389 e. The molecule has 1 N–H and O–H groups in total. The smallest absolute Gasteiger partial charge is 0.0761 e. The number of aryl methyl sites for hydroxylation is 1. The van der Waals surface area contributed by atoms with Gasteiger partial charge in [-0.25, -0.2) is 0 Å². The highest BCUT2D eigenvalue weighted by atomic mass is 16.3. The Morgan fingerprint density at radius 3 is 2.40 bits per heavy atom. The number of hydrogen-bond donors (Lipinski definition) is 1. The number of rotatable bonds is 2. The van der Waals surface area contributed by atoms with Crippen LogP contribution in [0.2, 0.25) is 0 Å². The molecule has 1 atom stereocenters. The number of aliphatic hydroxyl groups excluding tert-OH is 1. The van der Waals surface area contributed by atoms with E-state index in [-0.39, 0.29) is 0 Å². The molecule has 104 valence electrons. The molecule has 0 aliphatic carbocycles. The van der Waals surface area contributed by atoms with Gasteiger partial charge in [-0.15, -0.1) is 0 Å². The van der Waals surface area contributed by atoms with Gasteiger partial charge in [-0.1, -0.05) is 36.4 Å². The maximum absolute atomic E-state index is 9.59. The molecule has 0 spiro atoms. The van der Waals surface area contributed by atoms with Crippen LogP contribution in [0.1, 0.15) is 36.1 Å². The number of anilines is 1. The standard InChI is InChI=1S/C18H21NO/c1-14(20)15-8-10-18(11-9-15)19-12-4-7-16-5-2-3-6-17(16)13-19/h2-3,5-6,8-11,14,20H,4,7,12-13H2,1H3/t14-/m0/s1. The summed E-state index contributed by atoms with van der Waals surface area (Å²) in [6.45, 7) is 3.87. The van der Waals surface area contributed by atoms with Crippen LogP contribution < -0.4 is 4.90 Å². The summed E-state index contributed by atoms with van der Waals surface area (Å²) >= 11 is 0. The molecule has 0 saturated carbocycles. The fourth-order valence-electron chi connectivity index (χ4n) is 2.88. The summed E-state index contributed by atoms with van der Waals surface area (Å²) in [5.41, 5.74) is 5.13. The van der Waals surface area contributed by atoms with E-state index in [1.54, 1.807) is 6.92 Å². The molecule has 1 aliphatic rings. The topological polar surface area (TPSA) is 23.5 Å². The minimum atomic E-state index is -0.395. The molecule has 2 aromatic rings. The summed E-state index contributed by atoms with van der Waals surface area (Å²) in [7, 11) is 0. The van der Waals surface area contributed by atoms with Gasteiger partial charge >= 0.3 is 0 Å². The van der Waals surface area contributed by atoms with Crippen molar-refractivity contribution in [3.63, 3.8) is 0 Å². The quantitative estimate of drug-likeness (QED) is 0.897. The number of aliphatic hydroxyl groups is 1. The van der Waals surface area contributed by atoms with Crippen LogP contribution in [0.15, 0.2) is 48.5 Å². The molecule has 2 heteroatoms. The van der Waals surface area contributed by atoms with Crippen molar-refractivity contribution in [3.05, 3.63) is 65.2 Å². The zero-order valence-corrected chi connectivity index (χ0v) is 11.9. The lowest BCUT2D eigenvalue weighted by Gasteiger charge is -2.23. The maximum atomic E-state index is 9.59. The summed E-state index contributed by atoms with van der Waals surface area (Å²) in [4.78, 5) is 2.43. The van der Waals surface area contributed by atoms with Crippen molar-refractivity contribution in [1.29, 1.82) is 0 Å². The van der Waals surface area contributed by atoms with E-state index in [1.165, 1.54) is 29.7 Å². The highest BCUT2D eigenvalue weighted by Crippen LogP contribution is 2.25. The first-order valence-electron chi connectivity index (χ1n) is 7.34. The van der Waals surface area contributed by atoms with Crippen LogP contribution >= 0.6 is 0 Å². The van der Waals surface area contributed by atoms with Crippen molar-refractivity contribution < 1.29 is 5.11 Å². The van der Waals surface area contributed by atoms with E-state index in [2.05, 4.69) is 41.3 Å². The van der Waals surface area contributed by atoms with Gasteiger partial charge in [-0.05, 0) is 48.6 Å². The van der Waals surface area contributed by atoms with Crippen LogP contribution in [0, 0.1) is 0 Å². The van der Waals surface area contributed by atoms with Gasteiger partial charge in [0.25, 0.3) is 0 Å². The van der Waals surface area contributed by atoms with Gasteiger partial charge < -0.3 is 10.0 Å². The predicted molar refractivity (Wildman–Crippen MR) is 82.9 cm³/mol. The molecule has 0 unspecified atom stereocenters. The molecule has 2 aromatic carbocycles. The lowest BCUT2D eigenvalue weighted by Crippen LogP contribution is -2.22. The largest absolute Gasteiger partial charge is 0.389 e. The van der Waals surface area contributed by atoms with Crippen LogP contribution in [0.3, 0.4) is 0 Å². The predicted octanol–water partition coefficient (Wildman–Crippen LogP) is 3.69. The van der Waals surface area contributed by atoms with Gasteiger partial charge in [0, 0.05) is 18.8 Å². The van der Waals surface area contributed by atoms with E-state index in [9.17, 15) is 5.11 Å². The lowest BCUT2D eigenvalue weighted by atomic mass is 10.0. The van der Waals surface area contributed by atoms with Gasteiger partial charge in [0.15, 0.2) is 0 Å². The molecule has 20 heavy (non-hydrogen) atoms. The molecule has 2 nitrogen and oxygen atoms in total. The third-order valence-electron chi connectivity index (χ3n) is 4.09. The second-order valence-electron chi connectivity index (χ2n) is 5.56. The molecule has 0 aromatic heterocycles. The molecule has 0 saturated heterocycles. The Morgan fingerprint density at radius 1 is 1.00 bits per heavy atom. The third-order valence-corrected chi connectivity index (χ3v) is 4.09. The van der Waals surface area contributed by atoms with Crippen molar-refractivity contribution in [1.82, 2.24) is 0 Å². The fraction of sp³-hybridized carbons (Fsp3) is 0.333. The maximum Gasteiger partial charge on any atom is 0.0761 e. The Labute approximate surface area is 120 Å². The first-order valence-corrected chi connectivity index (χ1v) is 7.34. The van der Waals surface area contributed by atoms with E-state index >= 15 is 0 Å². The molecule has 0 amide bonds. The van der Waals surface area contributed by atoms with E-state index in [0.29, 0.717) is 0 Å². The molecular weight excluding hydrogens is 246 g/mol. The number of benzene rings is 2. The zero-order valence-electron chi connectivity index (χ0n) is 11.9. The highest BCUT2D eigenvalue weighted by Gasteiger charge is 2.14. The van der Waals surface area contributed by atoms with Crippen LogP contribution in [0.25, 0.3) is 0 Å². The molecule has 1 heterocycles. The van der Waals surface area contributed by atoms with Crippen molar-refractivity contribution in [2.45, 2.75) is 32.4 Å². The number of nitrogens with zero attached hydrogens (tertiary/aromatic N) is 1. The number of hydrogen-bond acceptors (Lipinski definition) is 2. The SMILES string of the molecule is C[C@H](O)c1ccc(N2CCCc3ccccc3C2)cc1. The molecular formula is C18H21NO. The van der Waals surface area contributed by atoms with Crippen molar-refractivity contribution in [3.8, 4) is 0 Å². The summed E-state index contributed by atoms with van der Waals surface area (Å²) in [6, 6.07) is 17.0. The van der Waals surface area contributed by atoms with Crippen LogP contribution in [0.5, 0.6) is 0 Å². The molecule has 0 bridgehead atoms. The lowest BCUT2D eigenvalue weighted by molar-refractivity contribution is 0.199. The monoisotopic (exact) mass is 267 g/mol. The Morgan fingerprint density at radius 2 is 1.70 bits per heavy atom. The number of fused-ring (bicyclic) bond motifs is 1. The van der Waals surface area contributed by atoms with Crippen LogP contribution in [-0.2, 0) is 13.0 Å². The van der Waals surface area contributed by atoms with Gasteiger partial charge in [0.2, 0.25) is 0 Å². The molecule has 0 fully saturated rings. The van der Waals surface area contributed by atoms with Crippen molar-refractivity contribution in [2.75, 3.05) is 11.4 Å². The summed E-state index contributed by atoms with van der Waals surface area (Å²) in [5.74, 6) is 0. The Kier molecular flexibility index (Phi) is 3.75. The summed E-state index contributed by atoms with van der Waals surface area (Å²) < 4.78 is 0.